The fourth-order valence-corrected chi connectivity index (χ4v) is 4.85. The minimum absolute atomic E-state index is 0.109. The first-order valence-corrected chi connectivity index (χ1v) is 8.65. The summed E-state index contributed by atoms with van der Waals surface area (Å²) in [6.07, 6.45) is 13.1. The van der Waals surface area contributed by atoms with Gasteiger partial charge in [-0.1, -0.05) is 38.5 Å². The summed E-state index contributed by atoms with van der Waals surface area (Å²) in [4.78, 5) is 12.6. The van der Waals surface area contributed by atoms with Gasteiger partial charge in [0.15, 0.2) is 0 Å². The summed E-state index contributed by atoms with van der Waals surface area (Å²) >= 11 is 0. The molecular formula is C17H29NO2. The van der Waals surface area contributed by atoms with Gasteiger partial charge in [-0.15, -0.1) is 0 Å². The molecule has 3 nitrogen and oxygen atoms in total. The number of carbonyl (C=O) groups is 1. The summed E-state index contributed by atoms with van der Waals surface area (Å²) in [6, 6.07) is 0. The van der Waals surface area contributed by atoms with E-state index in [4.69, 9.17) is 0 Å². The van der Waals surface area contributed by atoms with Crippen LogP contribution in [0.5, 0.6) is 0 Å². The van der Waals surface area contributed by atoms with Crippen LogP contribution in [0.3, 0.4) is 0 Å². The molecule has 0 heterocycles. The second-order valence-corrected chi connectivity index (χ2v) is 7.45. The summed E-state index contributed by atoms with van der Waals surface area (Å²) in [5.74, 6) is 2.12. The molecule has 0 radical (unpaired) electrons. The number of carbonyl (C=O) groups excluding carboxylic acids is 1. The van der Waals surface area contributed by atoms with E-state index in [-0.39, 0.29) is 24.0 Å². The normalized spacial score (nSPS) is 36.4. The molecule has 0 aromatic heterocycles. The predicted octanol–water partition coefficient (Wildman–Crippen LogP) is 3.01. The zero-order valence-corrected chi connectivity index (χ0v) is 12.6. The highest BCUT2D eigenvalue weighted by Gasteiger charge is 2.39. The maximum absolute atomic E-state index is 12.6. The molecule has 3 fully saturated rings. The van der Waals surface area contributed by atoms with E-state index < -0.39 is 0 Å². The van der Waals surface area contributed by atoms with Crippen LogP contribution in [0.1, 0.15) is 70.6 Å². The van der Waals surface area contributed by atoms with Gasteiger partial charge in [-0.3, -0.25) is 4.79 Å². The van der Waals surface area contributed by atoms with E-state index in [2.05, 4.69) is 5.32 Å². The second kappa shape index (κ2) is 6.05. The Kier molecular flexibility index (Phi) is 4.34. The zero-order chi connectivity index (χ0) is 14.0. The van der Waals surface area contributed by atoms with Gasteiger partial charge in [-0.05, 0) is 43.9 Å². The van der Waals surface area contributed by atoms with Gasteiger partial charge in [-0.25, -0.2) is 0 Å². The molecular weight excluding hydrogens is 250 g/mol. The molecule has 0 spiro atoms. The van der Waals surface area contributed by atoms with Gasteiger partial charge in [0.25, 0.3) is 0 Å². The Balaban J connectivity index is 1.57. The van der Waals surface area contributed by atoms with E-state index >= 15 is 0 Å². The lowest BCUT2D eigenvalue weighted by atomic mass is 9.67. The molecule has 3 aliphatic rings. The van der Waals surface area contributed by atoms with E-state index in [1.54, 1.807) is 0 Å². The van der Waals surface area contributed by atoms with Gasteiger partial charge in [0.2, 0.25) is 5.91 Å². The van der Waals surface area contributed by atoms with Crippen molar-refractivity contribution < 1.29 is 9.90 Å². The fourth-order valence-electron chi connectivity index (χ4n) is 4.85. The van der Waals surface area contributed by atoms with Gasteiger partial charge in [0.05, 0.1) is 12.1 Å². The van der Waals surface area contributed by atoms with Crippen molar-refractivity contribution in [1.82, 2.24) is 5.32 Å². The molecule has 20 heavy (non-hydrogen) atoms. The molecule has 0 aliphatic heterocycles. The van der Waals surface area contributed by atoms with Crippen LogP contribution in [0.15, 0.2) is 0 Å². The smallest absolute Gasteiger partial charge is 0.223 e. The molecule has 3 heteroatoms. The van der Waals surface area contributed by atoms with Crippen molar-refractivity contribution in [1.29, 1.82) is 0 Å². The number of hydrogen-bond donors (Lipinski definition) is 2. The van der Waals surface area contributed by atoms with Gasteiger partial charge in [0, 0.05) is 5.92 Å². The molecule has 0 aromatic rings. The number of nitrogens with one attached hydrogen (secondary N) is 1. The molecule has 0 aromatic carbocycles. The second-order valence-electron chi connectivity index (χ2n) is 7.45. The van der Waals surface area contributed by atoms with Crippen molar-refractivity contribution >= 4 is 5.91 Å². The molecule has 3 saturated carbocycles. The average Bonchev–Trinajstić information content (AvgIpc) is 2.96. The van der Waals surface area contributed by atoms with Crippen LogP contribution in [-0.4, -0.2) is 23.2 Å². The van der Waals surface area contributed by atoms with Crippen LogP contribution >= 0.6 is 0 Å². The van der Waals surface area contributed by atoms with E-state index in [0.717, 1.165) is 50.4 Å². The minimum Gasteiger partial charge on any atom is -0.394 e. The minimum atomic E-state index is -0.291. The standard InChI is InChI=1S/C17H29NO2/c19-12-17(9-3-4-10-17)18-16(20)15-8-7-13-5-1-2-6-14(13)11-15/h13-15,19H,1-12H2,(H,18,20). The lowest BCUT2D eigenvalue weighted by Crippen LogP contribution is -2.52. The van der Waals surface area contributed by atoms with Crippen molar-refractivity contribution in [3.05, 3.63) is 0 Å². The Morgan fingerprint density at radius 2 is 1.70 bits per heavy atom. The maximum atomic E-state index is 12.6. The number of hydrogen-bond acceptors (Lipinski definition) is 2. The molecule has 3 rings (SSSR count). The van der Waals surface area contributed by atoms with Crippen LogP contribution < -0.4 is 5.32 Å². The van der Waals surface area contributed by atoms with Crippen molar-refractivity contribution in [2.75, 3.05) is 6.61 Å². The third-order valence-electron chi connectivity index (χ3n) is 6.16. The van der Waals surface area contributed by atoms with Crippen molar-refractivity contribution in [3.63, 3.8) is 0 Å². The van der Waals surface area contributed by atoms with E-state index in [1.165, 1.54) is 32.1 Å². The lowest BCUT2D eigenvalue weighted by molar-refractivity contribution is -0.129. The summed E-state index contributed by atoms with van der Waals surface area (Å²) in [6.45, 7) is 0.109. The number of aliphatic hydroxyl groups excluding tert-OH is 1. The van der Waals surface area contributed by atoms with Crippen LogP contribution in [0.2, 0.25) is 0 Å². The van der Waals surface area contributed by atoms with Crippen LogP contribution in [0.4, 0.5) is 0 Å². The van der Waals surface area contributed by atoms with Crippen molar-refractivity contribution in [3.8, 4) is 0 Å². The Morgan fingerprint density at radius 3 is 2.40 bits per heavy atom. The number of fused-ring (bicyclic) bond motifs is 1. The highest BCUT2D eigenvalue weighted by atomic mass is 16.3. The molecule has 2 N–H and O–H groups in total. The van der Waals surface area contributed by atoms with Gasteiger partial charge >= 0.3 is 0 Å². The van der Waals surface area contributed by atoms with E-state index in [0.29, 0.717) is 0 Å². The first-order valence-electron chi connectivity index (χ1n) is 8.65. The fraction of sp³-hybridized carbons (Fsp3) is 0.941. The van der Waals surface area contributed by atoms with Crippen LogP contribution in [-0.2, 0) is 4.79 Å². The topological polar surface area (TPSA) is 49.3 Å². The molecule has 3 atom stereocenters. The Morgan fingerprint density at radius 1 is 1.00 bits per heavy atom. The number of aliphatic hydroxyl groups is 1. The molecule has 114 valence electrons. The van der Waals surface area contributed by atoms with Crippen LogP contribution in [0.25, 0.3) is 0 Å². The largest absolute Gasteiger partial charge is 0.394 e. The lowest BCUT2D eigenvalue weighted by Gasteiger charge is -2.40. The summed E-state index contributed by atoms with van der Waals surface area (Å²) < 4.78 is 0. The maximum Gasteiger partial charge on any atom is 0.223 e. The van der Waals surface area contributed by atoms with E-state index in [1.807, 2.05) is 0 Å². The van der Waals surface area contributed by atoms with Crippen LogP contribution in [0, 0.1) is 17.8 Å². The Labute approximate surface area is 122 Å². The molecule has 0 saturated heterocycles. The Hall–Kier alpha value is -0.570. The highest BCUT2D eigenvalue weighted by Crippen LogP contribution is 2.43. The van der Waals surface area contributed by atoms with Gasteiger partial charge < -0.3 is 10.4 Å². The quantitative estimate of drug-likeness (QED) is 0.834. The molecule has 0 bridgehead atoms. The van der Waals surface area contributed by atoms with E-state index in [9.17, 15) is 9.90 Å². The third-order valence-corrected chi connectivity index (χ3v) is 6.16. The average molecular weight is 279 g/mol. The monoisotopic (exact) mass is 279 g/mol. The van der Waals surface area contributed by atoms with Crippen molar-refractivity contribution in [2.45, 2.75) is 76.2 Å². The molecule has 3 unspecified atom stereocenters. The SMILES string of the molecule is O=C(NC1(CO)CCCC1)C1CCC2CCCCC2C1. The number of amides is 1. The summed E-state index contributed by atoms with van der Waals surface area (Å²) in [5.41, 5.74) is -0.291. The zero-order valence-electron chi connectivity index (χ0n) is 12.6. The Bertz CT molecular complexity index is 349. The highest BCUT2D eigenvalue weighted by molar-refractivity contribution is 5.79. The predicted molar refractivity (Wildman–Crippen MR) is 79.2 cm³/mol. The molecule has 1 amide bonds. The van der Waals surface area contributed by atoms with Crippen molar-refractivity contribution in [2.24, 2.45) is 17.8 Å². The third kappa shape index (κ3) is 2.88. The first kappa shape index (κ1) is 14.4. The molecule has 3 aliphatic carbocycles. The first-order chi connectivity index (χ1) is 9.72. The summed E-state index contributed by atoms with van der Waals surface area (Å²) in [5, 5.41) is 12.9. The van der Waals surface area contributed by atoms with Gasteiger partial charge in [0.1, 0.15) is 0 Å². The van der Waals surface area contributed by atoms with Gasteiger partial charge in [-0.2, -0.15) is 0 Å². The summed E-state index contributed by atoms with van der Waals surface area (Å²) in [7, 11) is 0. The number of rotatable bonds is 3.